The van der Waals surface area contributed by atoms with Crippen LogP contribution in [0.25, 0.3) is 11.5 Å². The van der Waals surface area contributed by atoms with Gasteiger partial charge in [0, 0.05) is 16.1 Å². The predicted molar refractivity (Wildman–Crippen MR) is 95.5 cm³/mol. The Morgan fingerprint density at radius 3 is 2.79 bits per heavy atom. The number of thioether (sulfide) groups is 1. The molecule has 2 aliphatic rings. The molecule has 7 heteroatoms. The minimum absolute atomic E-state index is 0.0564. The van der Waals surface area contributed by atoms with Crippen LogP contribution in [-0.2, 0) is 4.79 Å². The molecule has 24 heavy (non-hydrogen) atoms. The number of benzene rings is 1. The molecule has 2 bridgehead atoms. The van der Waals surface area contributed by atoms with E-state index >= 15 is 0 Å². The molecule has 2 aromatic rings. The summed E-state index contributed by atoms with van der Waals surface area (Å²) in [5, 5.41) is 11.7. The van der Waals surface area contributed by atoms with Gasteiger partial charge in [0.05, 0.1) is 5.75 Å². The van der Waals surface area contributed by atoms with Crippen molar-refractivity contribution in [2.75, 3.05) is 5.75 Å². The van der Waals surface area contributed by atoms with Gasteiger partial charge in [-0.05, 0) is 55.4 Å². The number of nitrogens with one attached hydrogen (secondary N) is 1. The van der Waals surface area contributed by atoms with Gasteiger partial charge in [-0.2, -0.15) is 0 Å². The molecule has 1 aromatic heterocycles. The molecule has 2 fully saturated rings. The lowest BCUT2D eigenvalue weighted by atomic mass is 9.95. The molecule has 4 rings (SSSR count). The van der Waals surface area contributed by atoms with Crippen molar-refractivity contribution >= 4 is 33.6 Å². The van der Waals surface area contributed by atoms with Crippen LogP contribution < -0.4 is 5.32 Å². The van der Waals surface area contributed by atoms with Crippen molar-refractivity contribution in [1.29, 1.82) is 0 Å². The first kappa shape index (κ1) is 16.1. The van der Waals surface area contributed by atoms with E-state index in [1.54, 1.807) is 0 Å². The van der Waals surface area contributed by atoms with Crippen LogP contribution in [0.3, 0.4) is 0 Å². The number of halogens is 1. The average Bonchev–Trinajstić information content (AvgIpc) is 3.30. The summed E-state index contributed by atoms with van der Waals surface area (Å²) in [5.74, 6) is 2.36. The summed E-state index contributed by atoms with van der Waals surface area (Å²) in [5.41, 5.74) is 0.865. The SMILES string of the molecule is O=C(CSc1nnc(-c2ccc(Br)cc2)o1)N[C@@H]1C[C@H]2CC[C@@H]1C2. The van der Waals surface area contributed by atoms with E-state index in [0.717, 1.165) is 22.4 Å². The zero-order valence-electron chi connectivity index (χ0n) is 13.1. The highest BCUT2D eigenvalue weighted by molar-refractivity contribution is 9.10. The Labute approximate surface area is 153 Å². The topological polar surface area (TPSA) is 68.0 Å². The summed E-state index contributed by atoms with van der Waals surface area (Å²) >= 11 is 4.69. The fraction of sp³-hybridized carbons (Fsp3) is 0.471. The number of carbonyl (C=O) groups is 1. The molecule has 0 saturated heterocycles. The van der Waals surface area contributed by atoms with Gasteiger partial charge in [0.25, 0.3) is 5.22 Å². The molecular weight excluding hydrogens is 390 g/mol. The molecule has 1 heterocycles. The van der Waals surface area contributed by atoms with E-state index < -0.39 is 0 Å². The molecule has 0 aliphatic heterocycles. The number of carbonyl (C=O) groups excluding carboxylic acids is 1. The molecule has 0 spiro atoms. The second-order valence-corrected chi connectivity index (χ2v) is 8.36. The second kappa shape index (κ2) is 6.88. The van der Waals surface area contributed by atoms with Crippen molar-refractivity contribution in [3.8, 4) is 11.5 Å². The molecule has 1 N–H and O–H groups in total. The number of amides is 1. The lowest BCUT2D eigenvalue weighted by molar-refractivity contribution is -0.119. The van der Waals surface area contributed by atoms with Gasteiger partial charge >= 0.3 is 0 Å². The number of aromatic nitrogens is 2. The first-order valence-electron chi connectivity index (χ1n) is 8.19. The summed E-state index contributed by atoms with van der Waals surface area (Å²) in [6.07, 6.45) is 5.04. The Morgan fingerprint density at radius 2 is 2.08 bits per heavy atom. The number of nitrogens with zero attached hydrogens (tertiary/aromatic N) is 2. The number of hydrogen-bond acceptors (Lipinski definition) is 5. The lowest BCUT2D eigenvalue weighted by Crippen LogP contribution is -2.39. The van der Waals surface area contributed by atoms with E-state index in [1.807, 2.05) is 24.3 Å². The van der Waals surface area contributed by atoms with Crippen molar-refractivity contribution in [2.24, 2.45) is 11.8 Å². The molecule has 2 aliphatic carbocycles. The van der Waals surface area contributed by atoms with Gasteiger partial charge in [0.2, 0.25) is 11.8 Å². The van der Waals surface area contributed by atoms with Crippen LogP contribution in [0, 0.1) is 11.8 Å². The lowest BCUT2D eigenvalue weighted by Gasteiger charge is -2.22. The molecule has 2 saturated carbocycles. The van der Waals surface area contributed by atoms with E-state index in [-0.39, 0.29) is 5.91 Å². The zero-order chi connectivity index (χ0) is 16.5. The van der Waals surface area contributed by atoms with Gasteiger partial charge in [-0.3, -0.25) is 4.79 Å². The molecule has 0 unspecified atom stereocenters. The van der Waals surface area contributed by atoms with Gasteiger partial charge in [-0.1, -0.05) is 34.1 Å². The molecule has 1 amide bonds. The van der Waals surface area contributed by atoms with E-state index in [1.165, 1.54) is 31.0 Å². The molecule has 1 aromatic carbocycles. The Morgan fingerprint density at radius 1 is 1.25 bits per heavy atom. The molecule has 3 atom stereocenters. The van der Waals surface area contributed by atoms with Crippen LogP contribution >= 0.6 is 27.7 Å². The molecular formula is C17H18BrN3O2S. The minimum atomic E-state index is 0.0564. The first-order valence-corrected chi connectivity index (χ1v) is 9.97. The number of rotatable bonds is 5. The maximum Gasteiger partial charge on any atom is 0.277 e. The third kappa shape index (κ3) is 3.52. The minimum Gasteiger partial charge on any atom is -0.411 e. The normalized spacial score (nSPS) is 25.1. The smallest absolute Gasteiger partial charge is 0.277 e. The van der Waals surface area contributed by atoms with E-state index in [9.17, 15) is 4.79 Å². The summed E-state index contributed by atoms with van der Waals surface area (Å²) in [6.45, 7) is 0. The van der Waals surface area contributed by atoms with Crippen LogP contribution in [-0.4, -0.2) is 27.9 Å². The maximum atomic E-state index is 12.1. The van der Waals surface area contributed by atoms with Gasteiger partial charge in [-0.15, -0.1) is 10.2 Å². The fourth-order valence-corrected chi connectivity index (χ4v) is 4.61. The predicted octanol–water partition coefficient (Wildman–Crippen LogP) is 3.90. The first-order chi connectivity index (χ1) is 11.7. The number of hydrogen-bond donors (Lipinski definition) is 1. The summed E-state index contributed by atoms with van der Waals surface area (Å²) in [4.78, 5) is 12.1. The maximum absolute atomic E-state index is 12.1. The van der Waals surface area contributed by atoms with Crippen molar-refractivity contribution in [3.05, 3.63) is 28.7 Å². The van der Waals surface area contributed by atoms with Gasteiger partial charge in [0.15, 0.2) is 0 Å². The van der Waals surface area contributed by atoms with Crippen LogP contribution in [0.5, 0.6) is 0 Å². The van der Waals surface area contributed by atoms with E-state index in [0.29, 0.717) is 28.8 Å². The second-order valence-electron chi connectivity index (χ2n) is 6.52. The molecule has 0 radical (unpaired) electrons. The summed E-state index contributed by atoms with van der Waals surface area (Å²) in [6, 6.07) is 8.05. The quantitative estimate of drug-likeness (QED) is 0.761. The van der Waals surface area contributed by atoms with Crippen LogP contribution in [0.1, 0.15) is 25.7 Å². The fourth-order valence-electron chi connectivity index (χ4n) is 3.77. The van der Waals surface area contributed by atoms with Crippen molar-refractivity contribution < 1.29 is 9.21 Å². The van der Waals surface area contributed by atoms with Crippen molar-refractivity contribution in [2.45, 2.75) is 36.9 Å². The van der Waals surface area contributed by atoms with Crippen molar-refractivity contribution in [3.63, 3.8) is 0 Å². The highest BCUT2D eigenvalue weighted by Gasteiger charge is 2.40. The average molecular weight is 408 g/mol. The van der Waals surface area contributed by atoms with Gasteiger partial charge in [0.1, 0.15) is 0 Å². The third-order valence-corrected chi connectivity index (χ3v) is 6.26. The standard InChI is InChI=1S/C17H18BrN3O2S/c18-13-5-3-11(4-6-13)16-20-21-17(23-16)24-9-15(22)19-14-8-10-1-2-12(14)7-10/h3-6,10,12,14H,1-2,7-9H2,(H,19,22)/t10-,12+,14+/m0/s1. The van der Waals surface area contributed by atoms with E-state index in [2.05, 4.69) is 31.4 Å². The summed E-state index contributed by atoms with van der Waals surface area (Å²) < 4.78 is 6.62. The summed E-state index contributed by atoms with van der Waals surface area (Å²) in [7, 11) is 0. The van der Waals surface area contributed by atoms with Crippen LogP contribution in [0.4, 0.5) is 0 Å². The number of fused-ring (bicyclic) bond motifs is 2. The Kier molecular flexibility index (Phi) is 4.63. The zero-order valence-corrected chi connectivity index (χ0v) is 15.5. The molecule has 126 valence electrons. The monoisotopic (exact) mass is 407 g/mol. The Hall–Kier alpha value is -1.34. The van der Waals surface area contributed by atoms with Gasteiger partial charge in [-0.25, -0.2) is 0 Å². The molecule has 5 nitrogen and oxygen atoms in total. The highest BCUT2D eigenvalue weighted by atomic mass is 79.9. The Balaban J connectivity index is 1.30. The van der Waals surface area contributed by atoms with E-state index in [4.69, 9.17) is 4.42 Å². The van der Waals surface area contributed by atoms with Crippen LogP contribution in [0.15, 0.2) is 38.4 Å². The third-order valence-electron chi connectivity index (χ3n) is 4.91. The van der Waals surface area contributed by atoms with Crippen molar-refractivity contribution in [1.82, 2.24) is 15.5 Å². The van der Waals surface area contributed by atoms with Gasteiger partial charge < -0.3 is 9.73 Å². The highest BCUT2D eigenvalue weighted by Crippen LogP contribution is 2.44. The largest absolute Gasteiger partial charge is 0.411 e. The van der Waals surface area contributed by atoms with Crippen LogP contribution in [0.2, 0.25) is 0 Å². The Bertz CT molecular complexity index is 734.